The van der Waals surface area contributed by atoms with Crippen LogP contribution in [0.5, 0.6) is 11.5 Å². The molecule has 1 aromatic carbocycles. The van der Waals surface area contributed by atoms with E-state index >= 15 is 0 Å². The maximum absolute atomic E-state index is 13.0. The molecule has 1 rings (SSSR count). The number of hydrogen-bond donors (Lipinski definition) is 1. The molecule has 0 atom stereocenters. The van der Waals surface area contributed by atoms with E-state index in [1.165, 1.54) is 0 Å². The van der Waals surface area contributed by atoms with E-state index in [4.69, 9.17) is 9.84 Å². The third-order valence-corrected chi connectivity index (χ3v) is 1.51. The summed E-state index contributed by atoms with van der Waals surface area (Å²) >= 11 is 0. The Labute approximate surface area is 74.8 Å². The van der Waals surface area contributed by atoms with Gasteiger partial charge in [0.1, 0.15) is 5.75 Å². The second-order valence-electron chi connectivity index (χ2n) is 2.39. The maximum Gasteiger partial charge on any atom is 0.166 e. The average Bonchev–Trinajstić information content (AvgIpc) is 2.11. The molecule has 1 aromatic rings. The van der Waals surface area contributed by atoms with E-state index in [-0.39, 0.29) is 17.1 Å². The number of ether oxygens (including phenoxy) is 1. The lowest BCUT2D eigenvalue weighted by molar-refractivity contribution is 0.112. The van der Waals surface area contributed by atoms with Crippen molar-refractivity contribution in [1.29, 1.82) is 0 Å². The van der Waals surface area contributed by atoms with Crippen LogP contribution in [0.25, 0.3) is 0 Å². The summed E-state index contributed by atoms with van der Waals surface area (Å²) in [7, 11) is 0. The van der Waals surface area contributed by atoms with Crippen LogP contribution >= 0.6 is 0 Å². The van der Waals surface area contributed by atoms with Crippen LogP contribution in [0, 0.1) is 5.82 Å². The highest BCUT2D eigenvalue weighted by atomic mass is 19.1. The largest absolute Gasteiger partial charge is 0.507 e. The highest BCUT2D eigenvalue weighted by molar-refractivity contribution is 5.79. The fraction of sp³-hybridized carbons (Fsp3) is 0.222. The van der Waals surface area contributed by atoms with Gasteiger partial charge in [0.05, 0.1) is 12.2 Å². The normalized spacial score (nSPS) is 9.69. The molecular formula is C9H9FO3. The summed E-state index contributed by atoms with van der Waals surface area (Å²) in [6, 6.07) is 2.02. The van der Waals surface area contributed by atoms with Crippen molar-refractivity contribution in [2.45, 2.75) is 6.92 Å². The molecule has 0 bridgehead atoms. The lowest BCUT2D eigenvalue weighted by atomic mass is 10.2. The minimum absolute atomic E-state index is 0.0504. The average molecular weight is 184 g/mol. The number of phenols is 1. The molecule has 0 saturated heterocycles. The Morgan fingerprint density at radius 1 is 1.62 bits per heavy atom. The Morgan fingerprint density at radius 3 is 2.85 bits per heavy atom. The summed E-state index contributed by atoms with van der Waals surface area (Å²) in [6.45, 7) is 2.00. The molecule has 0 fully saturated rings. The van der Waals surface area contributed by atoms with Crippen molar-refractivity contribution >= 4 is 6.29 Å². The standard InChI is InChI=1S/C9H9FO3/c1-2-13-9-4-8(12)6(5-11)3-7(9)10/h3-5,12H,2H2,1H3. The number of hydrogen-bond acceptors (Lipinski definition) is 3. The fourth-order valence-corrected chi connectivity index (χ4v) is 0.919. The second kappa shape index (κ2) is 3.89. The van der Waals surface area contributed by atoms with Crippen molar-refractivity contribution in [3.05, 3.63) is 23.5 Å². The van der Waals surface area contributed by atoms with Gasteiger partial charge in [-0.3, -0.25) is 4.79 Å². The first-order chi connectivity index (χ1) is 6.19. The Hall–Kier alpha value is -1.58. The van der Waals surface area contributed by atoms with Gasteiger partial charge in [-0.2, -0.15) is 0 Å². The number of phenolic OH excluding ortho intramolecular Hbond substituents is 1. The van der Waals surface area contributed by atoms with Gasteiger partial charge >= 0.3 is 0 Å². The molecule has 3 nitrogen and oxygen atoms in total. The van der Waals surface area contributed by atoms with Crippen LogP contribution in [-0.4, -0.2) is 18.0 Å². The van der Waals surface area contributed by atoms with E-state index in [1.54, 1.807) is 6.92 Å². The van der Waals surface area contributed by atoms with Gasteiger partial charge in [-0.05, 0) is 13.0 Å². The van der Waals surface area contributed by atoms with E-state index in [2.05, 4.69) is 0 Å². The molecule has 0 saturated carbocycles. The number of rotatable bonds is 3. The zero-order valence-corrected chi connectivity index (χ0v) is 7.08. The molecule has 0 aliphatic heterocycles. The van der Waals surface area contributed by atoms with Crippen LogP contribution in [0.4, 0.5) is 4.39 Å². The second-order valence-corrected chi connectivity index (χ2v) is 2.39. The Morgan fingerprint density at radius 2 is 2.31 bits per heavy atom. The smallest absolute Gasteiger partial charge is 0.166 e. The molecule has 0 radical (unpaired) electrons. The van der Waals surface area contributed by atoms with Gasteiger partial charge in [0.2, 0.25) is 0 Å². The van der Waals surface area contributed by atoms with Crippen LogP contribution in [0.3, 0.4) is 0 Å². The lowest BCUT2D eigenvalue weighted by Gasteiger charge is -2.05. The van der Waals surface area contributed by atoms with Gasteiger partial charge in [0.25, 0.3) is 0 Å². The first-order valence-corrected chi connectivity index (χ1v) is 3.79. The highest BCUT2D eigenvalue weighted by Gasteiger charge is 2.08. The van der Waals surface area contributed by atoms with Gasteiger partial charge in [-0.25, -0.2) is 4.39 Å². The third kappa shape index (κ3) is 1.96. The molecule has 4 heteroatoms. The van der Waals surface area contributed by atoms with E-state index in [0.717, 1.165) is 12.1 Å². The molecular weight excluding hydrogens is 175 g/mol. The number of carbonyl (C=O) groups excluding carboxylic acids is 1. The van der Waals surface area contributed by atoms with E-state index in [9.17, 15) is 9.18 Å². The summed E-state index contributed by atoms with van der Waals surface area (Å²) in [6.07, 6.45) is 0.383. The summed E-state index contributed by atoms with van der Waals surface area (Å²) < 4.78 is 17.9. The minimum Gasteiger partial charge on any atom is -0.507 e. The SMILES string of the molecule is CCOc1cc(O)c(C=O)cc1F. The molecule has 0 heterocycles. The van der Waals surface area contributed by atoms with E-state index in [1.807, 2.05) is 0 Å². The highest BCUT2D eigenvalue weighted by Crippen LogP contribution is 2.25. The number of benzene rings is 1. The number of halogens is 1. The summed E-state index contributed by atoms with van der Waals surface area (Å²) in [5, 5.41) is 9.16. The van der Waals surface area contributed by atoms with Crippen molar-refractivity contribution in [2.24, 2.45) is 0 Å². The van der Waals surface area contributed by atoms with Crippen LogP contribution < -0.4 is 4.74 Å². The van der Waals surface area contributed by atoms with Gasteiger partial charge in [-0.15, -0.1) is 0 Å². The first-order valence-electron chi connectivity index (χ1n) is 3.79. The molecule has 70 valence electrons. The molecule has 13 heavy (non-hydrogen) atoms. The third-order valence-electron chi connectivity index (χ3n) is 1.51. The molecule has 0 aromatic heterocycles. The van der Waals surface area contributed by atoms with Crippen LogP contribution in [-0.2, 0) is 0 Å². The van der Waals surface area contributed by atoms with Crippen molar-refractivity contribution in [3.8, 4) is 11.5 Å². The lowest BCUT2D eigenvalue weighted by Crippen LogP contribution is -1.95. The van der Waals surface area contributed by atoms with Crippen molar-refractivity contribution in [1.82, 2.24) is 0 Å². The van der Waals surface area contributed by atoms with Gasteiger partial charge in [0, 0.05) is 6.07 Å². The van der Waals surface area contributed by atoms with Crippen LogP contribution in [0.15, 0.2) is 12.1 Å². The number of carbonyl (C=O) groups is 1. The molecule has 1 N–H and O–H groups in total. The quantitative estimate of drug-likeness (QED) is 0.728. The van der Waals surface area contributed by atoms with Gasteiger partial charge in [0.15, 0.2) is 17.9 Å². The van der Waals surface area contributed by atoms with Crippen molar-refractivity contribution in [2.75, 3.05) is 6.61 Å². The van der Waals surface area contributed by atoms with Crippen molar-refractivity contribution in [3.63, 3.8) is 0 Å². The maximum atomic E-state index is 13.0. The number of aromatic hydroxyl groups is 1. The zero-order chi connectivity index (χ0) is 9.84. The van der Waals surface area contributed by atoms with Crippen LogP contribution in [0.1, 0.15) is 17.3 Å². The Kier molecular flexibility index (Phi) is 2.84. The first kappa shape index (κ1) is 9.51. The molecule has 0 aliphatic rings. The van der Waals surface area contributed by atoms with Gasteiger partial charge in [-0.1, -0.05) is 0 Å². The minimum atomic E-state index is -0.651. The number of aldehydes is 1. The molecule has 0 spiro atoms. The molecule has 0 amide bonds. The molecule has 0 aliphatic carbocycles. The van der Waals surface area contributed by atoms with E-state index in [0.29, 0.717) is 12.9 Å². The Bertz CT molecular complexity index is 323. The van der Waals surface area contributed by atoms with Crippen LogP contribution in [0.2, 0.25) is 0 Å². The summed E-state index contributed by atoms with van der Waals surface area (Å²) in [5.74, 6) is -0.979. The van der Waals surface area contributed by atoms with Crippen molar-refractivity contribution < 1.29 is 19.0 Å². The topological polar surface area (TPSA) is 46.5 Å². The predicted octanol–water partition coefficient (Wildman–Crippen LogP) is 1.74. The van der Waals surface area contributed by atoms with E-state index < -0.39 is 5.82 Å². The predicted molar refractivity (Wildman–Crippen MR) is 44.6 cm³/mol. The zero-order valence-electron chi connectivity index (χ0n) is 7.08. The summed E-state index contributed by atoms with van der Waals surface area (Å²) in [5.41, 5.74) is -0.0825. The molecule has 0 unspecified atom stereocenters. The van der Waals surface area contributed by atoms with Gasteiger partial charge < -0.3 is 9.84 Å². The summed E-state index contributed by atoms with van der Waals surface area (Å²) in [4.78, 5) is 10.3. The fourth-order valence-electron chi connectivity index (χ4n) is 0.919. The Balaban J connectivity index is 3.12. The monoisotopic (exact) mass is 184 g/mol.